The van der Waals surface area contributed by atoms with Crippen LogP contribution >= 0.6 is 11.6 Å². The van der Waals surface area contributed by atoms with E-state index in [2.05, 4.69) is 0 Å². The molecule has 1 aliphatic carbocycles. The number of aliphatic carboxylic acids is 1. The summed E-state index contributed by atoms with van der Waals surface area (Å²) in [4.78, 5) is 10.9. The van der Waals surface area contributed by atoms with Crippen LogP contribution in [-0.4, -0.2) is 11.1 Å². The minimum Gasteiger partial charge on any atom is -0.480 e. The zero-order valence-electron chi connectivity index (χ0n) is 12.2. The third-order valence-corrected chi connectivity index (χ3v) is 4.68. The SMILES string of the molecule is Cc1cc(C(Cl)C(=O)O)cc(C(F)(F)F)c1C1CCCCC1. The van der Waals surface area contributed by atoms with Crippen molar-refractivity contribution >= 4 is 17.6 Å². The van der Waals surface area contributed by atoms with Crippen LogP contribution in [-0.2, 0) is 11.0 Å². The lowest BCUT2D eigenvalue weighted by Gasteiger charge is -2.27. The maximum atomic E-state index is 13.4. The molecule has 2 rings (SSSR count). The van der Waals surface area contributed by atoms with Crippen molar-refractivity contribution in [1.29, 1.82) is 0 Å². The average molecular weight is 335 g/mol. The first kappa shape index (κ1) is 17.1. The van der Waals surface area contributed by atoms with Crippen LogP contribution in [0.25, 0.3) is 0 Å². The van der Waals surface area contributed by atoms with Gasteiger partial charge < -0.3 is 5.11 Å². The van der Waals surface area contributed by atoms with Crippen molar-refractivity contribution in [3.8, 4) is 0 Å². The van der Waals surface area contributed by atoms with Gasteiger partial charge in [0.15, 0.2) is 5.38 Å². The van der Waals surface area contributed by atoms with Gasteiger partial charge in [-0.1, -0.05) is 25.3 Å². The molecule has 1 unspecified atom stereocenters. The second-order valence-corrected chi connectivity index (χ2v) is 6.27. The normalized spacial score (nSPS) is 18.2. The molecule has 22 heavy (non-hydrogen) atoms. The van der Waals surface area contributed by atoms with Crippen LogP contribution < -0.4 is 0 Å². The van der Waals surface area contributed by atoms with Gasteiger partial charge in [0.1, 0.15) is 0 Å². The molecular formula is C16H18ClF3O2. The molecule has 1 fully saturated rings. The first-order chi connectivity index (χ1) is 10.2. The number of carbonyl (C=O) groups is 1. The molecule has 122 valence electrons. The molecule has 1 atom stereocenters. The monoisotopic (exact) mass is 334 g/mol. The van der Waals surface area contributed by atoms with Crippen LogP contribution in [0.15, 0.2) is 12.1 Å². The first-order valence-electron chi connectivity index (χ1n) is 7.30. The number of carboxylic acid groups (broad SMARTS) is 1. The first-order valence-corrected chi connectivity index (χ1v) is 7.74. The quantitative estimate of drug-likeness (QED) is 0.749. The van der Waals surface area contributed by atoms with Gasteiger partial charge in [0.05, 0.1) is 5.56 Å². The fraction of sp³-hybridized carbons (Fsp3) is 0.562. The maximum Gasteiger partial charge on any atom is 0.416 e. The van der Waals surface area contributed by atoms with Gasteiger partial charge >= 0.3 is 12.1 Å². The Morgan fingerprint density at radius 1 is 1.27 bits per heavy atom. The summed E-state index contributed by atoms with van der Waals surface area (Å²) in [5.74, 6) is -1.46. The summed E-state index contributed by atoms with van der Waals surface area (Å²) >= 11 is 5.71. The number of aryl methyl sites for hydroxylation is 1. The molecule has 1 aromatic carbocycles. The summed E-state index contributed by atoms with van der Waals surface area (Å²) in [7, 11) is 0. The van der Waals surface area contributed by atoms with Crippen molar-refractivity contribution in [1.82, 2.24) is 0 Å². The second-order valence-electron chi connectivity index (χ2n) is 5.83. The highest BCUT2D eigenvalue weighted by molar-refractivity contribution is 6.29. The highest BCUT2D eigenvalue weighted by atomic mass is 35.5. The number of hydrogen-bond acceptors (Lipinski definition) is 1. The van der Waals surface area contributed by atoms with Crippen molar-refractivity contribution in [2.45, 2.75) is 56.5 Å². The van der Waals surface area contributed by atoms with Gasteiger partial charge in [-0.3, -0.25) is 4.79 Å². The zero-order chi connectivity index (χ0) is 16.5. The Hall–Kier alpha value is -1.23. The largest absolute Gasteiger partial charge is 0.480 e. The average Bonchev–Trinajstić information content (AvgIpc) is 2.45. The summed E-state index contributed by atoms with van der Waals surface area (Å²) < 4.78 is 40.3. The van der Waals surface area contributed by atoms with Crippen LogP contribution in [0.4, 0.5) is 13.2 Å². The fourth-order valence-electron chi connectivity index (χ4n) is 3.28. The number of alkyl halides is 4. The molecule has 0 heterocycles. The van der Waals surface area contributed by atoms with Gasteiger partial charge in [0.25, 0.3) is 0 Å². The standard InChI is InChI=1S/C16H18ClF3O2/c1-9-7-11(14(17)15(21)22)8-12(16(18,19)20)13(9)10-5-3-2-4-6-10/h7-8,10,14H,2-6H2,1H3,(H,21,22). The van der Waals surface area contributed by atoms with E-state index in [-0.39, 0.29) is 11.5 Å². The van der Waals surface area contributed by atoms with Crippen molar-refractivity contribution in [3.63, 3.8) is 0 Å². The third kappa shape index (κ3) is 3.57. The Balaban J connectivity index is 2.55. The lowest BCUT2D eigenvalue weighted by atomic mass is 9.79. The van der Waals surface area contributed by atoms with Crippen molar-refractivity contribution in [3.05, 3.63) is 34.4 Å². The molecule has 1 aromatic rings. The Bertz CT molecular complexity index is 563. The molecule has 0 aromatic heterocycles. The van der Waals surface area contributed by atoms with Crippen LogP contribution in [0.2, 0.25) is 0 Å². The number of halogens is 4. The van der Waals surface area contributed by atoms with Crippen LogP contribution in [0.5, 0.6) is 0 Å². The molecule has 0 radical (unpaired) electrons. The van der Waals surface area contributed by atoms with E-state index >= 15 is 0 Å². The van der Waals surface area contributed by atoms with E-state index < -0.39 is 23.1 Å². The molecule has 0 aliphatic heterocycles. The molecule has 2 nitrogen and oxygen atoms in total. The van der Waals surface area contributed by atoms with Crippen molar-refractivity contribution < 1.29 is 23.1 Å². The Labute approximate surface area is 132 Å². The van der Waals surface area contributed by atoms with E-state index in [9.17, 15) is 18.0 Å². The molecule has 0 spiro atoms. The molecule has 0 amide bonds. The van der Waals surface area contributed by atoms with E-state index in [4.69, 9.17) is 16.7 Å². The van der Waals surface area contributed by atoms with E-state index in [1.54, 1.807) is 6.92 Å². The number of carboxylic acids is 1. The predicted molar refractivity (Wildman–Crippen MR) is 78.2 cm³/mol. The molecule has 0 bridgehead atoms. The smallest absolute Gasteiger partial charge is 0.416 e. The minimum atomic E-state index is -4.51. The molecule has 1 N–H and O–H groups in total. The molecule has 6 heteroatoms. The van der Waals surface area contributed by atoms with Gasteiger partial charge in [-0.05, 0) is 48.4 Å². The van der Waals surface area contributed by atoms with E-state index in [0.717, 1.165) is 38.2 Å². The zero-order valence-corrected chi connectivity index (χ0v) is 13.0. The maximum absolute atomic E-state index is 13.4. The Morgan fingerprint density at radius 3 is 2.36 bits per heavy atom. The van der Waals surface area contributed by atoms with Crippen molar-refractivity contribution in [2.24, 2.45) is 0 Å². The minimum absolute atomic E-state index is 0.0152. The van der Waals surface area contributed by atoms with E-state index in [1.165, 1.54) is 6.07 Å². The lowest BCUT2D eigenvalue weighted by molar-refractivity contribution is -0.139. The predicted octanol–water partition coefficient (Wildman–Crippen LogP) is 5.43. The van der Waals surface area contributed by atoms with Crippen LogP contribution in [0, 0.1) is 6.92 Å². The number of benzene rings is 1. The second kappa shape index (κ2) is 6.49. The van der Waals surface area contributed by atoms with Gasteiger partial charge in [-0.15, -0.1) is 11.6 Å². The van der Waals surface area contributed by atoms with Gasteiger partial charge in [0, 0.05) is 0 Å². The summed E-state index contributed by atoms with van der Waals surface area (Å²) in [6.45, 7) is 1.61. The summed E-state index contributed by atoms with van der Waals surface area (Å²) in [6.07, 6.45) is -0.119. The summed E-state index contributed by atoms with van der Waals surface area (Å²) in [6, 6.07) is 2.38. The van der Waals surface area contributed by atoms with Gasteiger partial charge in [-0.25, -0.2) is 0 Å². The lowest BCUT2D eigenvalue weighted by Crippen LogP contribution is -2.17. The highest BCUT2D eigenvalue weighted by Gasteiger charge is 2.37. The number of hydrogen-bond donors (Lipinski definition) is 1. The fourth-order valence-corrected chi connectivity index (χ4v) is 3.41. The Morgan fingerprint density at radius 2 is 1.86 bits per heavy atom. The van der Waals surface area contributed by atoms with Crippen LogP contribution in [0.3, 0.4) is 0 Å². The Kier molecular flexibility index (Phi) is 5.05. The van der Waals surface area contributed by atoms with Crippen LogP contribution in [0.1, 0.15) is 65.7 Å². The molecule has 1 saturated carbocycles. The third-order valence-electron chi connectivity index (χ3n) is 4.24. The number of rotatable bonds is 3. The topological polar surface area (TPSA) is 37.3 Å². The highest BCUT2D eigenvalue weighted by Crippen LogP contribution is 2.43. The van der Waals surface area contributed by atoms with Crippen molar-refractivity contribution in [2.75, 3.05) is 0 Å². The molecular weight excluding hydrogens is 317 g/mol. The van der Waals surface area contributed by atoms with E-state index in [1.807, 2.05) is 0 Å². The molecule has 1 aliphatic rings. The van der Waals surface area contributed by atoms with Gasteiger partial charge in [-0.2, -0.15) is 13.2 Å². The van der Waals surface area contributed by atoms with E-state index in [0.29, 0.717) is 11.1 Å². The van der Waals surface area contributed by atoms with Gasteiger partial charge in [0.2, 0.25) is 0 Å². The summed E-state index contributed by atoms with van der Waals surface area (Å²) in [5.41, 5.74) is 0.0358. The summed E-state index contributed by atoms with van der Waals surface area (Å²) in [5, 5.41) is 7.45. The molecule has 0 saturated heterocycles.